The maximum atomic E-state index is 11.3. The van der Waals surface area contributed by atoms with Crippen molar-refractivity contribution in [3.05, 3.63) is 30.3 Å². The molecule has 0 atom stereocenters. The molecule has 0 aromatic heterocycles. The van der Waals surface area contributed by atoms with Crippen LogP contribution >= 0.6 is 0 Å². The van der Waals surface area contributed by atoms with E-state index in [1.807, 2.05) is 0 Å². The Morgan fingerprint density at radius 3 is 2.47 bits per heavy atom. The van der Waals surface area contributed by atoms with Crippen LogP contribution in [0.3, 0.4) is 0 Å². The first kappa shape index (κ1) is 13.3. The molecule has 0 fully saturated rings. The van der Waals surface area contributed by atoms with Gasteiger partial charge in [0.05, 0.1) is 5.69 Å². The number of phenolic OH excluding ortho intramolecular Hbond substituents is 1. The Kier molecular flexibility index (Phi) is 3.17. The molecule has 0 aliphatic heterocycles. The van der Waals surface area contributed by atoms with Crippen LogP contribution in [0.4, 0.5) is 5.69 Å². The average molecular weight is 281 g/mol. The van der Waals surface area contributed by atoms with Crippen LogP contribution in [0.1, 0.15) is 6.92 Å². The van der Waals surface area contributed by atoms with E-state index < -0.39 is 10.1 Å². The zero-order valence-electron chi connectivity index (χ0n) is 9.91. The van der Waals surface area contributed by atoms with Gasteiger partial charge < -0.3 is 10.4 Å². The zero-order chi connectivity index (χ0) is 14.2. The van der Waals surface area contributed by atoms with Gasteiger partial charge in [0.2, 0.25) is 5.91 Å². The van der Waals surface area contributed by atoms with E-state index in [4.69, 9.17) is 4.55 Å². The molecule has 6 nitrogen and oxygen atoms in total. The number of nitrogens with one attached hydrogen (secondary N) is 1. The third-order valence-corrected chi connectivity index (χ3v) is 3.48. The fraction of sp³-hybridized carbons (Fsp3) is 0.0833. The lowest BCUT2D eigenvalue weighted by Gasteiger charge is -2.10. The van der Waals surface area contributed by atoms with Gasteiger partial charge >= 0.3 is 0 Å². The number of carbonyl (C=O) groups excluding carboxylic acids is 1. The van der Waals surface area contributed by atoms with Crippen molar-refractivity contribution in [3.8, 4) is 5.75 Å². The number of aromatic hydroxyl groups is 1. The molecule has 0 aliphatic rings. The third kappa shape index (κ3) is 2.51. The van der Waals surface area contributed by atoms with E-state index in [9.17, 15) is 18.3 Å². The van der Waals surface area contributed by atoms with E-state index in [2.05, 4.69) is 5.32 Å². The van der Waals surface area contributed by atoms with Crippen LogP contribution in [0.5, 0.6) is 5.75 Å². The molecular weight excluding hydrogens is 270 g/mol. The predicted molar refractivity (Wildman–Crippen MR) is 69.7 cm³/mol. The molecule has 19 heavy (non-hydrogen) atoms. The fourth-order valence-electron chi connectivity index (χ4n) is 1.88. The lowest BCUT2D eigenvalue weighted by molar-refractivity contribution is -0.114. The van der Waals surface area contributed by atoms with Crippen molar-refractivity contribution in [2.75, 3.05) is 5.32 Å². The summed E-state index contributed by atoms with van der Waals surface area (Å²) in [6.45, 7) is 1.29. The molecule has 0 saturated heterocycles. The number of hydrogen-bond donors (Lipinski definition) is 3. The molecule has 0 saturated carbocycles. The summed E-state index contributed by atoms with van der Waals surface area (Å²) in [4.78, 5) is 10.8. The first-order valence-corrected chi connectivity index (χ1v) is 6.74. The maximum Gasteiger partial charge on any atom is 0.295 e. The smallest absolute Gasteiger partial charge is 0.295 e. The van der Waals surface area contributed by atoms with E-state index in [1.165, 1.54) is 25.1 Å². The van der Waals surface area contributed by atoms with Gasteiger partial charge in [-0.1, -0.05) is 12.1 Å². The summed E-state index contributed by atoms with van der Waals surface area (Å²) in [6, 6.07) is 6.73. The number of phenols is 1. The summed E-state index contributed by atoms with van der Waals surface area (Å²) in [5.74, 6) is -0.545. The highest BCUT2D eigenvalue weighted by atomic mass is 32.2. The average Bonchev–Trinajstić information content (AvgIpc) is 2.26. The molecule has 7 heteroatoms. The third-order valence-electron chi connectivity index (χ3n) is 2.57. The second-order valence-corrected chi connectivity index (χ2v) is 5.36. The van der Waals surface area contributed by atoms with Gasteiger partial charge in [-0.25, -0.2) is 0 Å². The monoisotopic (exact) mass is 281 g/mol. The van der Waals surface area contributed by atoms with Gasteiger partial charge in [-0.15, -0.1) is 0 Å². The van der Waals surface area contributed by atoms with Crippen molar-refractivity contribution in [1.29, 1.82) is 0 Å². The summed E-state index contributed by atoms with van der Waals surface area (Å²) in [5, 5.41) is 12.6. The van der Waals surface area contributed by atoms with Crippen molar-refractivity contribution in [2.45, 2.75) is 11.8 Å². The number of amides is 1. The standard InChI is InChI=1S/C12H11NO5S/c1-7(14)13-9-4-2-3-8-11(19(16,17)18)6-5-10(15)12(8)9/h2-6,15H,1H3,(H,13,14)(H,16,17,18). The van der Waals surface area contributed by atoms with Crippen LogP contribution in [-0.2, 0) is 14.9 Å². The maximum absolute atomic E-state index is 11.3. The van der Waals surface area contributed by atoms with Crippen LogP contribution < -0.4 is 5.32 Å². The SMILES string of the molecule is CC(=O)Nc1cccc2c(S(=O)(=O)O)ccc(O)c12. The largest absolute Gasteiger partial charge is 0.507 e. The topological polar surface area (TPSA) is 104 Å². The van der Waals surface area contributed by atoms with Gasteiger partial charge in [0.15, 0.2) is 0 Å². The lowest BCUT2D eigenvalue weighted by Crippen LogP contribution is -2.07. The van der Waals surface area contributed by atoms with Crippen LogP contribution in [-0.4, -0.2) is 24.0 Å². The van der Waals surface area contributed by atoms with Crippen LogP contribution in [0.15, 0.2) is 35.2 Å². The minimum Gasteiger partial charge on any atom is -0.507 e. The highest BCUT2D eigenvalue weighted by Crippen LogP contribution is 2.35. The van der Waals surface area contributed by atoms with Gasteiger partial charge in [0.1, 0.15) is 10.6 Å². The van der Waals surface area contributed by atoms with E-state index in [0.29, 0.717) is 0 Å². The molecule has 0 spiro atoms. The Morgan fingerprint density at radius 2 is 1.89 bits per heavy atom. The number of anilines is 1. The minimum atomic E-state index is -4.42. The molecule has 1 amide bonds. The van der Waals surface area contributed by atoms with Crippen molar-refractivity contribution in [1.82, 2.24) is 0 Å². The normalized spacial score (nSPS) is 11.5. The molecule has 2 aromatic rings. The molecule has 0 heterocycles. The van der Waals surface area contributed by atoms with Crippen molar-refractivity contribution < 1.29 is 22.9 Å². The molecule has 0 radical (unpaired) electrons. The minimum absolute atomic E-state index is 0.133. The van der Waals surface area contributed by atoms with Crippen LogP contribution in [0.2, 0.25) is 0 Å². The lowest BCUT2D eigenvalue weighted by atomic mass is 10.1. The number of carbonyl (C=O) groups is 1. The molecule has 3 N–H and O–H groups in total. The molecular formula is C12H11NO5S. The molecule has 100 valence electrons. The highest BCUT2D eigenvalue weighted by Gasteiger charge is 2.17. The van der Waals surface area contributed by atoms with Gasteiger partial charge in [-0.3, -0.25) is 9.35 Å². The van der Waals surface area contributed by atoms with Crippen LogP contribution in [0.25, 0.3) is 10.8 Å². The Labute approximate surface area is 109 Å². The highest BCUT2D eigenvalue weighted by molar-refractivity contribution is 7.86. The Bertz CT molecular complexity index is 767. The van der Waals surface area contributed by atoms with Gasteiger partial charge in [-0.2, -0.15) is 8.42 Å². The number of benzene rings is 2. The summed E-state index contributed by atoms with van der Waals surface area (Å²) in [7, 11) is -4.42. The predicted octanol–water partition coefficient (Wildman–Crippen LogP) is 1.75. The van der Waals surface area contributed by atoms with E-state index in [1.54, 1.807) is 0 Å². The van der Waals surface area contributed by atoms with E-state index in [-0.39, 0.29) is 33.0 Å². The first-order valence-electron chi connectivity index (χ1n) is 5.30. The number of fused-ring (bicyclic) bond motifs is 1. The van der Waals surface area contributed by atoms with E-state index in [0.717, 1.165) is 12.1 Å². The summed E-state index contributed by atoms with van der Waals surface area (Å²) in [6.07, 6.45) is 0. The summed E-state index contributed by atoms with van der Waals surface area (Å²) >= 11 is 0. The number of rotatable bonds is 2. The van der Waals surface area contributed by atoms with E-state index >= 15 is 0 Å². The summed E-state index contributed by atoms with van der Waals surface area (Å²) < 4.78 is 31.7. The molecule has 0 unspecified atom stereocenters. The molecule has 0 aliphatic carbocycles. The Morgan fingerprint density at radius 1 is 1.21 bits per heavy atom. The van der Waals surface area contributed by atoms with Crippen molar-refractivity contribution in [2.24, 2.45) is 0 Å². The second kappa shape index (κ2) is 4.52. The zero-order valence-corrected chi connectivity index (χ0v) is 10.7. The second-order valence-electron chi connectivity index (χ2n) is 3.97. The van der Waals surface area contributed by atoms with Gasteiger partial charge in [0, 0.05) is 17.7 Å². The molecule has 2 rings (SSSR count). The van der Waals surface area contributed by atoms with Crippen LogP contribution in [0, 0.1) is 0 Å². The van der Waals surface area contributed by atoms with Gasteiger partial charge in [-0.05, 0) is 18.2 Å². The molecule has 2 aromatic carbocycles. The Hall–Kier alpha value is -2.12. The summed E-state index contributed by atoms with van der Waals surface area (Å²) in [5.41, 5.74) is 0.271. The quantitative estimate of drug-likeness (QED) is 0.727. The number of hydrogen-bond acceptors (Lipinski definition) is 4. The fourth-order valence-corrected chi connectivity index (χ4v) is 2.57. The van der Waals surface area contributed by atoms with Gasteiger partial charge in [0.25, 0.3) is 10.1 Å². The molecule has 0 bridgehead atoms. The van der Waals surface area contributed by atoms with Crippen molar-refractivity contribution in [3.63, 3.8) is 0 Å². The first-order chi connectivity index (χ1) is 8.80. The Balaban J connectivity index is 2.87. The van der Waals surface area contributed by atoms with Crippen molar-refractivity contribution >= 4 is 32.5 Å².